The van der Waals surface area contributed by atoms with Gasteiger partial charge < -0.3 is 10.1 Å². The van der Waals surface area contributed by atoms with Crippen molar-refractivity contribution in [2.45, 2.75) is 32.8 Å². The Morgan fingerprint density at radius 2 is 2.00 bits per heavy atom. The van der Waals surface area contributed by atoms with Crippen LogP contribution >= 0.6 is 23.2 Å². The molecule has 0 heterocycles. The summed E-state index contributed by atoms with van der Waals surface area (Å²) in [6, 6.07) is 0. The van der Waals surface area contributed by atoms with Crippen LogP contribution in [0.5, 0.6) is 0 Å². The number of nitrogens with one attached hydrogen (secondary N) is 1. The standard InChI is InChI=1S/C9H15Cl2NO2/c1-9(2,3)14-8(13)12-6-4-5-7(10)11/h5H,4,6H2,1-3H3,(H,12,13). The van der Waals surface area contributed by atoms with Crippen molar-refractivity contribution < 1.29 is 9.53 Å². The summed E-state index contributed by atoms with van der Waals surface area (Å²) in [7, 11) is 0. The number of carbonyl (C=O) groups is 1. The summed E-state index contributed by atoms with van der Waals surface area (Å²) in [5, 5.41) is 2.57. The van der Waals surface area contributed by atoms with E-state index in [1.807, 2.05) is 20.8 Å². The fourth-order valence-electron chi connectivity index (χ4n) is 0.670. The Hall–Kier alpha value is -0.410. The summed E-state index contributed by atoms with van der Waals surface area (Å²) < 4.78 is 5.21. The molecule has 3 nitrogen and oxygen atoms in total. The average Bonchev–Trinajstić information content (AvgIpc) is 1.94. The van der Waals surface area contributed by atoms with Crippen LogP contribution in [0, 0.1) is 0 Å². The molecule has 0 aliphatic heterocycles. The molecule has 1 N–H and O–H groups in total. The molecule has 0 aromatic carbocycles. The van der Waals surface area contributed by atoms with Crippen molar-refractivity contribution in [3.8, 4) is 0 Å². The van der Waals surface area contributed by atoms with E-state index in [0.29, 0.717) is 13.0 Å². The highest BCUT2D eigenvalue weighted by atomic mass is 35.5. The van der Waals surface area contributed by atoms with Crippen LogP contribution in [0.3, 0.4) is 0 Å². The number of hydrogen-bond acceptors (Lipinski definition) is 2. The second-order valence-electron chi connectivity index (χ2n) is 3.71. The molecule has 0 unspecified atom stereocenters. The normalized spacial score (nSPS) is 10.6. The van der Waals surface area contributed by atoms with Gasteiger partial charge in [-0.2, -0.15) is 0 Å². The van der Waals surface area contributed by atoms with Gasteiger partial charge >= 0.3 is 6.09 Å². The Morgan fingerprint density at radius 1 is 1.43 bits per heavy atom. The summed E-state index contributed by atoms with van der Waals surface area (Å²) in [4.78, 5) is 11.1. The topological polar surface area (TPSA) is 38.3 Å². The molecule has 0 rings (SSSR count). The zero-order valence-electron chi connectivity index (χ0n) is 8.56. The molecular weight excluding hydrogens is 225 g/mol. The largest absolute Gasteiger partial charge is 0.444 e. The SMILES string of the molecule is CC(C)(C)OC(=O)NCCC=C(Cl)Cl. The number of carbonyl (C=O) groups excluding carboxylic acids is 1. The van der Waals surface area contributed by atoms with Crippen LogP contribution in [0.4, 0.5) is 4.79 Å². The molecule has 0 radical (unpaired) electrons. The van der Waals surface area contributed by atoms with E-state index in [0.717, 1.165) is 0 Å². The van der Waals surface area contributed by atoms with E-state index in [2.05, 4.69) is 5.32 Å². The molecule has 1 amide bonds. The van der Waals surface area contributed by atoms with Gasteiger partial charge in [0.05, 0.1) is 0 Å². The van der Waals surface area contributed by atoms with Crippen molar-refractivity contribution in [3.63, 3.8) is 0 Å². The first-order chi connectivity index (χ1) is 6.31. The molecule has 0 bridgehead atoms. The minimum Gasteiger partial charge on any atom is -0.444 e. The Balaban J connectivity index is 3.61. The number of alkyl carbamates (subject to hydrolysis) is 1. The molecule has 0 aliphatic rings. The van der Waals surface area contributed by atoms with E-state index < -0.39 is 11.7 Å². The lowest BCUT2D eigenvalue weighted by atomic mass is 10.2. The van der Waals surface area contributed by atoms with Gasteiger partial charge in [-0.3, -0.25) is 0 Å². The van der Waals surface area contributed by atoms with Gasteiger partial charge in [-0.1, -0.05) is 29.3 Å². The van der Waals surface area contributed by atoms with Gasteiger partial charge in [0, 0.05) is 6.54 Å². The maximum atomic E-state index is 11.1. The molecule has 0 atom stereocenters. The van der Waals surface area contributed by atoms with E-state index in [1.165, 1.54) is 0 Å². The number of halogens is 2. The summed E-state index contributed by atoms with van der Waals surface area (Å²) in [5.74, 6) is 0. The summed E-state index contributed by atoms with van der Waals surface area (Å²) >= 11 is 10.8. The van der Waals surface area contributed by atoms with E-state index in [9.17, 15) is 4.79 Å². The fourth-order valence-corrected chi connectivity index (χ4v) is 0.888. The van der Waals surface area contributed by atoms with Crippen LogP contribution in [0.25, 0.3) is 0 Å². The lowest BCUT2D eigenvalue weighted by Gasteiger charge is -2.19. The monoisotopic (exact) mass is 239 g/mol. The fraction of sp³-hybridized carbons (Fsp3) is 0.667. The molecule has 14 heavy (non-hydrogen) atoms. The lowest BCUT2D eigenvalue weighted by Crippen LogP contribution is -2.32. The van der Waals surface area contributed by atoms with E-state index >= 15 is 0 Å². The smallest absolute Gasteiger partial charge is 0.407 e. The Bertz CT molecular complexity index is 217. The molecule has 82 valence electrons. The minimum atomic E-state index is -0.468. The van der Waals surface area contributed by atoms with Gasteiger partial charge in [-0.05, 0) is 27.2 Å². The van der Waals surface area contributed by atoms with Crippen molar-refractivity contribution in [2.75, 3.05) is 6.54 Å². The van der Waals surface area contributed by atoms with Gasteiger partial charge in [-0.15, -0.1) is 0 Å². The van der Waals surface area contributed by atoms with Gasteiger partial charge in [0.25, 0.3) is 0 Å². The van der Waals surface area contributed by atoms with Crippen molar-refractivity contribution in [3.05, 3.63) is 10.6 Å². The molecule has 0 saturated carbocycles. The predicted molar refractivity (Wildman–Crippen MR) is 58.6 cm³/mol. The molecule has 0 aromatic rings. The zero-order valence-corrected chi connectivity index (χ0v) is 10.1. The number of rotatable bonds is 3. The highest BCUT2D eigenvalue weighted by Crippen LogP contribution is 2.07. The second-order valence-corrected chi connectivity index (χ2v) is 4.72. The van der Waals surface area contributed by atoms with Crippen LogP contribution in [0.1, 0.15) is 27.2 Å². The maximum absolute atomic E-state index is 11.1. The average molecular weight is 240 g/mol. The van der Waals surface area contributed by atoms with Crippen molar-refractivity contribution in [1.82, 2.24) is 5.32 Å². The Labute approximate surface area is 94.4 Å². The van der Waals surface area contributed by atoms with Gasteiger partial charge in [-0.25, -0.2) is 4.79 Å². The molecule has 0 aromatic heterocycles. The van der Waals surface area contributed by atoms with Crippen LogP contribution in [-0.2, 0) is 4.74 Å². The molecule has 0 aliphatic carbocycles. The highest BCUT2D eigenvalue weighted by Gasteiger charge is 2.15. The highest BCUT2D eigenvalue weighted by molar-refractivity contribution is 6.55. The quantitative estimate of drug-likeness (QED) is 0.769. The van der Waals surface area contributed by atoms with Crippen molar-refractivity contribution >= 4 is 29.3 Å². The second kappa shape index (κ2) is 6.14. The molecule has 5 heteroatoms. The molecule has 0 saturated heterocycles. The Morgan fingerprint density at radius 3 is 2.43 bits per heavy atom. The van der Waals surface area contributed by atoms with Crippen LogP contribution in [-0.4, -0.2) is 18.2 Å². The number of amides is 1. The lowest BCUT2D eigenvalue weighted by molar-refractivity contribution is 0.0529. The molecule has 0 fully saturated rings. The Kier molecular flexibility index (Phi) is 5.96. The number of hydrogen-bond donors (Lipinski definition) is 1. The zero-order chi connectivity index (χ0) is 11.2. The van der Waals surface area contributed by atoms with E-state index in [-0.39, 0.29) is 4.49 Å². The van der Waals surface area contributed by atoms with Crippen LogP contribution < -0.4 is 5.32 Å². The first-order valence-corrected chi connectivity index (χ1v) is 5.05. The summed E-state index contributed by atoms with van der Waals surface area (Å²) in [6.45, 7) is 5.88. The minimum absolute atomic E-state index is 0.205. The third-order valence-electron chi connectivity index (χ3n) is 1.11. The van der Waals surface area contributed by atoms with Crippen molar-refractivity contribution in [1.29, 1.82) is 0 Å². The first-order valence-electron chi connectivity index (χ1n) is 4.29. The van der Waals surface area contributed by atoms with Crippen LogP contribution in [0.2, 0.25) is 0 Å². The van der Waals surface area contributed by atoms with Gasteiger partial charge in [0.15, 0.2) is 0 Å². The molecule has 0 spiro atoms. The third-order valence-corrected chi connectivity index (χ3v) is 1.42. The first kappa shape index (κ1) is 13.6. The number of ether oxygens (including phenoxy) is 1. The van der Waals surface area contributed by atoms with Gasteiger partial charge in [0.1, 0.15) is 10.1 Å². The van der Waals surface area contributed by atoms with Gasteiger partial charge in [0.2, 0.25) is 0 Å². The van der Waals surface area contributed by atoms with E-state index in [1.54, 1.807) is 6.08 Å². The third kappa shape index (κ3) is 9.68. The van der Waals surface area contributed by atoms with Crippen molar-refractivity contribution in [2.24, 2.45) is 0 Å². The van der Waals surface area contributed by atoms with E-state index in [4.69, 9.17) is 27.9 Å². The maximum Gasteiger partial charge on any atom is 0.407 e. The van der Waals surface area contributed by atoms with Crippen LogP contribution in [0.15, 0.2) is 10.6 Å². The predicted octanol–water partition coefficient (Wildman–Crippen LogP) is 3.22. The summed E-state index contributed by atoms with van der Waals surface area (Å²) in [6.07, 6.45) is 1.76. The molecular formula is C9H15Cl2NO2. The summed E-state index contributed by atoms with van der Waals surface area (Å²) in [5.41, 5.74) is -0.468.